The summed E-state index contributed by atoms with van der Waals surface area (Å²) < 4.78 is 13.3. The quantitative estimate of drug-likeness (QED) is 0.495. The van der Waals surface area contributed by atoms with Crippen LogP contribution in [0.25, 0.3) is 0 Å². The third kappa shape index (κ3) is 3.15. The minimum Gasteiger partial charge on any atom is -0.307 e. The van der Waals surface area contributed by atoms with Gasteiger partial charge in [0, 0.05) is 10.6 Å². The summed E-state index contributed by atoms with van der Waals surface area (Å²) in [5, 5.41) is 0. The van der Waals surface area contributed by atoms with Gasteiger partial charge in [-0.25, -0.2) is 15.2 Å². The molecule has 6 heteroatoms. The van der Waals surface area contributed by atoms with Gasteiger partial charge in [0.15, 0.2) is 5.82 Å². The monoisotopic (exact) mass is 250 g/mol. The standard InChI is InChI=1S/C11H11FN4S/c12-9-3-1-2-4-10(9)17-7-8-5-15-11(16-13)6-14-8/h1-6H,7,13H2,(H,15,16). The lowest BCUT2D eigenvalue weighted by Gasteiger charge is -2.03. The van der Waals surface area contributed by atoms with Crippen molar-refractivity contribution in [3.8, 4) is 0 Å². The van der Waals surface area contributed by atoms with E-state index in [0.717, 1.165) is 5.69 Å². The van der Waals surface area contributed by atoms with Crippen LogP contribution < -0.4 is 11.3 Å². The van der Waals surface area contributed by atoms with E-state index in [4.69, 9.17) is 5.84 Å². The molecule has 3 N–H and O–H groups in total. The Balaban J connectivity index is 2.00. The molecule has 0 unspecified atom stereocenters. The number of nitrogen functional groups attached to an aromatic ring is 1. The molecule has 0 aliphatic heterocycles. The normalized spacial score (nSPS) is 10.2. The fourth-order valence-electron chi connectivity index (χ4n) is 1.22. The topological polar surface area (TPSA) is 63.8 Å². The number of hydrazine groups is 1. The molecule has 2 aromatic rings. The first-order valence-corrected chi connectivity index (χ1v) is 5.93. The Labute approximate surface area is 102 Å². The molecule has 0 spiro atoms. The van der Waals surface area contributed by atoms with Crippen molar-refractivity contribution in [2.24, 2.45) is 5.84 Å². The maximum atomic E-state index is 13.3. The number of nitrogens with two attached hydrogens (primary N) is 1. The molecule has 0 aliphatic rings. The highest BCUT2D eigenvalue weighted by atomic mass is 32.2. The fourth-order valence-corrected chi connectivity index (χ4v) is 2.05. The lowest BCUT2D eigenvalue weighted by Crippen LogP contribution is -2.08. The molecule has 1 aromatic carbocycles. The fraction of sp³-hybridized carbons (Fsp3) is 0.0909. The van der Waals surface area contributed by atoms with Crippen molar-refractivity contribution in [1.82, 2.24) is 9.97 Å². The zero-order chi connectivity index (χ0) is 12.1. The molecular weight excluding hydrogens is 239 g/mol. The van der Waals surface area contributed by atoms with Crippen LogP contribution in [0.5, 0.6) is 0 Å². The Kier molecular flexibility index (Phi) is 3.89. The highest BCUT2D eigenvalue weighted by molar-refractivity contribution is 7.98. The Hall–Kier alpha value is -1.66. The van der Waals surface area contributed by atoms with Gasteiger partial charge in [-0.05, 0) is 12.1 Å². The lowest BCUT2D eigenvalue weighted by atomic mass is 10.3. The van der Waals surface area contributed by atoms with Gasteiger partial charge in [-0.15, -0.1) is 11.8 Å². The highest BCUT2D eigenvalue weighted by Gasteiger charge is 2.03. The van der Waals surface area contributed by atoms with Crippen molar-refractivity contribution in [2.75, 3.05) is 5.43 Å². The molecule has 0 saturated carbocycles. The first-order chi connectivity index (χ1) is 8.29. The third-order valence-corrected chi connectivity index (χ3v) is 3.15. The van der Waals surface area contributed by atoms with Gasteiger partial charge < -0.3 is 5.43 Å². The minimum absolute atomic E-state index is 0.217. The van der Waals surface area contributed by atoms with Crippen molar-refractivity contribution in [3.63, 3.8) is 0 Å². The van der Waals surface area contributed by atoms with Crippen molar-refractivity contribution in [3.05, 3.63) is 48.2 Å². The molecule has 2 rings (SSSR count). The molecule has 0 bridgehead atoms. The average Bonchev–Trinajstić information content (AvgIpc) is 2.38. The van der Waals surface area contributed by atoms with Gasteiger partial charge in [0.05, 0.1) is 18.1 Å². The number of rotatable bonds is 4. The van der Waals surface area contributed by atoms with E-state index in [1.165, 1.54) is 24.0 Å². The Morgan fingerprint density at radius 3 is 2.71 bits per heavy atom. The van der Waals surface area contributed by atoms with Crippen LogP contribution in [-0.2, 0) is 5.75 Å². The highest BCUT2D eigenvalue weighted by Crippen LogP contribution is 2.24. The molecule has 0 radical (unpaired) electrons. The molecule has 1 aromatic heterocycles. The smallest absolute Gasteiger partial charge is 0.158 e. The molecule has 0 amide bonds. The SMILES string of the molecule is NNc1cnc(CSc2ccccc2F)cn1. The number of nitrogens with zero attached hydrogens (tertiary/aromatic N) is 2. The second-order valence-electron chi connectivity index (χ2n) is 3.26. The summed E-state index contributed by atoms with van der Waals surface area (Å²) in [6, 6.07) is 6.65. The maximum Gasteiger partial charge on any atom is 0.158 e. The maximum absolute atomic E-state index is 13.3. The van der Waals surface area contributed by atoms with Gasteiger partial charge in [0.2, 0.25) is 0 Å². The summed E-state index contributed by atoms with van der Waals surface area (Å²) in [4.78, 5) is 8.78. The summed E-state index contributed by atoms with van der Waals surface area (Å²) in [6.45, 7) is 0. The number of aromatic nitrogens is 2. The molecule has 0 aliphatic carbocycles. The molecule has 17 heavy (non-hydrogen) atoms. The van der Waals surface area contributed by atoms with Gasteiger partial charge in [-0.1, -0.05) is 12.1 Å². The average molecular weight is 250 g/mol. The minimum atomic E-state index is -0.217. The molecule has 4 nitrogen and oxygen atoms in total. The number of nitrogens with one attached hydrogen (secondary N) is 1. The van der Waals surface area contributed by atoms with Crippen LogP contribution in [0.4, 0.5) is 10.2 Å². The second-order valence-corrected chi connectivity index (χ2v) is 4.27. The van der Waals surface area contributed by atoms with Crippen LogP contribution in [0.1, 0.15) is 5.69 Å². The zero-order valence-electron chi connectivity index (χ0n) is 8.93. The molecule has 0 fully saturated rings. The summed E-state index contributed by atoms with van der Waals surface area (Å²) in [5.74, 6) is 6.03. The Bertz CT molecular complexity index is 489. The van der Waals surface area contributed by atoms with E-state index >= 15 is 0 Å². The van der Waals surface area contributed by atoms with Gasteiger partial charge in [-0.3, -0.25) is 4.98 Å². The van der Waals surface area contributed by atoms with Crippen LogP contribution in [-0.4, -0.2) is 9.97 Å². The van der Waals surface area contributed by atoms with Crippen molar-refractivity contribution < 1.29 is 4.39 Å². The number of hydrogen-bond acceptors (Lipinski definition) is 5. The van der Waals surface area contributed by atoms with E-state index < -0.39 is 0 Å². The van der Waals surface area contributed by atoms with E-state index in [-0.39, 0.29) is 5.82 Å². The summed E-state index contributed by atoms with van der Waals surface area (Å²) >= 11 is 1.38. The first-order valence-electron chi connectivity index (χ1n) is 4.94. The molecular formula is C11H11FN4S. The third-order valence-electron chi connectivity index (χ3n) is 2.07. The van der Waals surface area contributed by atoms with Crippen LogP contribution in [0.15, 0.2) is 41.6 Å². The Morgan fingerprint density at radius 2 is 2.06 bits per heavy atom. The molecule has 0 saturated heterocycles. The van der Waals surface area contributed by atoms with E-state index in [1.54, 1.807) is 24.4 Å². The Morgan fingerprint density at radius 1 is 1.24 bits per heavy atom. The predicted octanol–water partition coefficient (Wildman–Crippen LogP) is 2.19. The van der Waals surface area contributed by atoms with Crippen LogP contribution in [0, 0.1) is 5.82 Å². The first kappa shape index (κ1) is 11.8. The summed E-state index contributed by atoms with van der Waals surface area (Å²) in [5.41, 5.74) is 3.17. The largest absolute Gasteiger partial charge is 0.307 e. The van der Waals surface area contributed by atoms with Gasteiger partial charge in [0.1, 0.15) is 5.82 Å². The van der Waals surface area contributed by atoms with Crippen LogP contribution >= 0.6 is 11.8 Å². The van der Waals surface area contributed by atoms with Gasteiger partial charge in [0.25, 0.3) is 0 Å². The van der Waals surface area contributed by atoms with Gasteiger partial charge in [-0.2, -0.15) is 0 Å². The van der Waals surface area contributed by atoms with Gasteiger partial charge >= 0.3 is 0 Å². The van der Waals surface area contributed by atoms with Crippen molar-refractivity contribution >= 4 is 17.6 Å². The predicted molar refractivity (Wildman–Crippen MR) is 65.8 cm³/mol. The molecule has 88 valence electrons. The number of anilines is 1. The van der Waals surface area contributed by atoms with E-state index in [1.807, 2.05) is 0 Å². The number of hydrogen-bond donors (Lipinski definition) is 2. The molecule has 0 atom stereocenters. The number of halogens is 1. The second kappa shape index (κ2) is 5.60. The van der Waals surface area contributed by atoms with E-state index in [9.17, 15) is 4.39 Å². The van der Waals surface area contributed by atoms with Crippen molar-refractivity contribution in [1.29, 1.82) is 0 Å². The number of thioether (sulfide) groups is 1. The summed E-state index contributed by atoms with van der Waals surface area (Å²) in [7, 11) is 0. The zero-order valence-corrected chi connectivity index (χ0v) is 9.75. The number of benzene rings is 1. The van der Waals surface area contributed by atoms with Crippen molar-refractivity contribution in [2.45, 2.75) is 10.6 Å². The molecule has 1 heterocycles. The van der Waals surface area contributed by atoms with Crippen LogP contribution in [0.2, 0.25) is 0 Å². The summed E-state index contributed by atoms with van der Waals surface area (Å²) in [6.07, 6.45) is 3.15. The van der Waals surface area contributed by atoms with E-state index in [2.05, 4.69) is 15.4 Å². The van der Waals surface area contributed by atoms with E-state index in [0.29, 0.717) is 16.5 Å². The van der Waals surface area contributed by atoms with Crippen LogP contribution in [0.3, 0.4) is 0 Å². The lowest BCUT2D eigenvalue weighted by molar-refractivity contribution is 0.602.